The molecule has 72 valence electrons. The van der Waals surface area contributed by atoms with Gasteiger partial charge in [-0.05, 0) is 30.7 Å². The Labute approximate surface area is 83.5 Å². The molecule has 2 N–H and O–H groups in total. The average molecular weight is 200 g/mol. The van der Waals surface area contributed by atoms with Gasteiger partial charge in [0.05, 0.1) is 0 Å². The third kappa shape index (κ3) is 4.27. The smallest absolute Gasteiger partial charge is 0.0443 e. The number of benzene rings is 1. The third-order valence-corrected chi connectivity index (χ3v) is 1.96. The van der Waals surface area contributed by atoms with Crippen LogP contribution in [0.5, 0.6) is 0 Å². The molecule has 0 aliphatic heterocycles. The standard InChI is InChI=1S/C10H14ClNO/c11-10-4-1-3-9(7-10)8-12-5-2-6-13/h1,3-4,7,12-13H,2,5-6,8H2. The first-order valence-electron chi connectivity index (χ1n) is 4.39. The van der Waals surface area contributed by atoms with Gasteiger partial charge in [0.1, 0.15) is 0 Å². The lowest BCUT2D eigenvalue weighted by Crippen LogP contribution is -2.15. The minimum Gasteiger partial charge on any atom is -0.396 e. The predicted octanol–water partition coefficient (Wildman–Crippen LogP) is 1.81. The van der Waals surface area contributed by atoms with E-state index in [1.165, 1.54) is 5.56 Å². The lowest BCUT2D eigenvalue weighted by atomic mass is 10.2. The summed E-state index contributed by atoms with van der Waals surface area (Å²) in [6.07, 6.45) is 0.792. The molecule has 0 aliphatic rings. The summed E-state index contributed by atoms with van der Waals surface area (Å²) in [4.78, 5) is 0. The molecule has 0 bridgehead atoms. The summed E-state index contributed by atoms with van der Waals surface area (Å²) in [5.41, 5.74) is 1.17. The van der Waals surface area contributed by atoms with Gasteiger partial charge in [-0.3, -0.25) is 0 Å². The van der Waals surface area contributed by atoms with E-state index in [1.54, 1.807) is 0 Å². The van der Waals surface area contributed by atoms with Crippen molar-refractivity contribution in [3.63, 3.8) is 0 Å². The first-order valence-corrected chi connectivity index (χ1v) is 4.77. The second-order valence-corrected chi connectivity index (χ2v) is 3.32. The molecule has 1 aromatic rings. The van der Waals surface area contributed by atoms with E-state index in [4.69, 9.17) is 16.7 Å². The molecule has 0 unspecified atom stereocenters. The Hall–Kier alpha value is -0.570. The van der Waals surface area contributed by atoms with Crippen LogP contribution in [0.1, 0.15) is 12.0 Å². The van der Waals surface area contributed by atoms with E-state index >= 15 is 0 Å². The molecule has 0 heterocycles. The fourth-order valence-electron chi connectivity index (χ4n) is 1.08. The number of rotatable bonds is 5. The van der Waals surface area contributed by atoms with Crippen molar-refractivity contribution in [2.24, 2.45) is 0 Å². The number of hydrogen-bond donors (Lipinski definition) is 2. The molecule has 0 saturated carbocycles. The van der Waals surface area contributed by atoms with Crippen molar-refractivity contribution in [1.29, 1.82) is 0 Å². The van der Waals surface area contributed by atoms with E-state index in [-0.39, 0.29) is 6.61 Å². The molecule has 13 heavy (non-hydrogen) atoms. The van der Waals surface area contributed by atoms with Crippen LogP contribution in [0.4, 0.5) is 0 Å². The zero-order valence-corrected chi connectivity index (χ0v) is 8.22. The van der Waals surface area contributed by atoms with Crippen LogP contribution in [0.3, 0.4) is 0 Å². The van der Waals surface area contributed by atoms with Gasteiger partial charge in [-0.15, -0.1) is 0 Å². The fraction of sp³-hybridized carbons (Fsp3) is 0.400. The van der Waals surface area contributed by atoms with E-state index < -0.39 is 0 Å². The van der Waals surface area contributed by atoms with E-state index in [1.807, 2.05) is 24.3 Å². The topological polar surface area (TPSA) is 32.3 Å². The molecule has 0 aromatic heterocycles. The Kier molecular flexibility index (Phi) is 4.83. The zero-order chi connectivity index (χ0) is 9.52. The summed E-state index contributed by atoms with van der Waals surface area (Å²) in [6.45, 7) is 1.88. The normalized spacial score (nSPS) is 10.3. The molecule has 0 fully saturated rings. The highest BCUT2D eigenvalue weighted by Crippen LogP contribution is 2.09. The molecule has 0 aliphatic carbocycles. The third-order valence-electron chi connectivity index (χ3n) is 1.73. The van der Waals surface area contributed by atoms with Crippen molar-refractivity contribution in [3.8, 4) is 0 Å². The lowest BCUT2D eigenvalue weighted by Gasteiger charge is -2.03. The van der Waals surface area contributed by atoms with Crippen LogP contribution in [-0.2, 0) is 6.54 Å². The van der Waals surface area contributed by atoms with E-state index in [0.717, 1.165) is 24.5 Å². The second kappa shape index (κ2) is 5.97. The van der Waals surface area contributed by atoms with E-state index in [0.29, 0.717) is 0 Å². The molecule has 2 nitrogen and oxygen atoms in total. The maximum absolute atomic E-state index is 8.55. The number of nitrogens with one attached hydrogen (secondary N) is 1. The Morgan fingerprint density at radius 2 is 2.23 bits per heavy atom. The molecule has 0 spiro atoms. The monoisotopic (exact) mass is 199 g/mol. The molecule has 1 rings (SSSR count). The van der Waals surface area contributed by atoms with Crippen LogP contribution >= 0.6 is 11.6 Å². The lowest BCUT2D eigenvalue weighted by molar-refractivity contribution is 0.286. The highest BCUT2D eigenvalue weighted by Gasteiger charge is 1.92. The summed E-state index contributed by atoms with van der Waals surface area (Å²) in [7, 11) is 0. The number of aliphatic hydroxyl groups is 1. The number of hydrogen-bond acceptors (Lipinski definition) is 2. The molecule has 1 aromatic carbocycles. The quantitative estimate of drug-likeness (QED) is 0.709. The highest BCUT2D eigenvalue weighted by molar-refractivity contribution is 6.30. The van der Waals surface area contributed by atoms with Gasteiger partial charge >= 0.3 is 0 Å². The van der Waals surface area contributed by atoms with Crippen molar-refractivity contribution in [2.45, 2.75) is 13.0 Å². The molecule has 0 radical (unpaired) electrons. The van der Waals surface area contributed by atoms with Gasteiger partial charge in [0.25, 0.3) is 0 Å². The Morgan fingerprint density at radius 1 is 1.38 bits per heavy atom. The molecular weight excluding hydrogens is 186 g/mol. The van der Waals surface area contributed by atoms with Crippen molar-refractivity contribution in [2.75, 3.05) is 13.2 Å². The number of halogens is 1. The van der Waals surface area contributed by atoms with Crippen LogP contribution in [0.25, 0.3) is 0 Å². The van der Waals surface area contributed by atoms with Gasteiger partial charge < -0.3 is 10.4 Å². The highest BCUT2D eigenvalue weighted by atomic mass is 35.5. The van der Waals surface area contributed by atoms with Crippen LogP contribution in [-0.4, -0.2) is 18.3 Å². The Bertz CT molecular complexity index is 252. The summed E-state index contributed by atoms with van der Waals surface area (Å²) >= 11 is 5.82. The van der Waals surface area contributed by atoms with Crippen LogP contribution in [0.2, 0.25) is 5.02 Å². The first-order chi connectivity index (χ1) is 6.33. The molecular formula is C10H14ClNO. The molecule has 0 saturated heterocycles. The van der Waals surface area contributed by atoms with Crippen molar-refractivity contribution < 1.29 is 5.11 Å². The molecule has 0 atom stereocenters. The summed E-state index contributed by atoms with van der Waals surface area (Å²) in [5, 5.41) is 12.5. The maximum atomic E-state index is 8.55. The van der Waals surface area contributed by atoms with Gasteiger partial charge in [0, 0.05) is 18.2 Å². The second-order valence-electron chi connectivity index (χ2n) is 2.88. The van der Waals surface area contributed by atoms with Crippen molar-refractivity contribution >= 4 is 11.6 Å². The summed E-state index contributed by atoms with van der Waals surface area (Å²) < 4.78 is 0. The van der Waals surface area contributed by atoms with Crippen LogP contribution in [0.15, 0.2) is 24.3 Å². The van der Waals surface area contributed by atoms with Gasteiger partial charge in [0.2, 0.25) is 0 Å². The fourth-order valence-corrected chi connectivity index (χ4v) is 1.30. The Morgan fingerprint density at radius 3 is 2.92 bits per heavy atom. The van der Waals surface area contributed by atoms with Crippen molar-refractivity contribution in [3.05, 3.63) is 34.9 Å². The van der Waals surface area contributed by atoms with Gasteiger partial charge in [-0.1, -0.05) is 23.7 Å². The minimum absolute atomic E-state index is 0.239. The first kappa shape index (κ1) is 10.5. The summed E-state index contributed by atoms with van der Waals surface area (Å²) in [5.74, 6) is 0. The van der Waals surface area contributed by atoms with Gasteiger partial charge in [0.15, 0.2) is 0 Å². The van der Waals surface area contributed by atoms with E-state index in [9.17, 15) is 0 Å². The maximum Gasteiger partial charge on any atom is 0.0443 e. The Balaban J connectivity index is 2.28. The SMILES string of the molecule is OCCCNCc1cccc(Cl)c1. The van der Waals surface area contributed by atoms with Crippen molar-refractivity contribution in [1.82, 2.24) is 5.32 Å². The van der Waals surface area contributed by atoms with Gasteiger partial charge in [-0.25, -0.2) is 0 Å². The summed E-state index contributed by atoms with van der Waals surface area (Å²) in [6, 6.07) is 7.76. The van der Waals surface area contributed by atoms with Gasteiger partial charge in [-0.2, -0.15) is 0 Å². The minimum atomic E-state index is 0.239. The number of aliphatic hydroxyl groups excluding tert-OH is 1. The molecule has 3 heteroatoms. The van der Waals surface area contributed by atoms with Crippen LogP contribution in [0, 0.1) is 0 Å². The predicted molar refractivity (Wildman–Crippen MR) is 54.9 cm³/mol. The molecule has 0 amide bonds. The average Bonchev–Trinajstić information content (AvgIpc) is 2.13. The van der Waals surface area contributed by atoms with E-state index in [2.05, 4.69) is 5.32 Å². The van der Waals surface area contributed by atoms with Crippen LogP contribution < -0.4 is 5.32 Å². The largest absolute Gasteiger partial charge is 0.396 e. The zero-order valence-electron chi connectivity index (χ0n) is 7.46.